The van der Waals surface area contributed by atoms with E-state index in [1.54, 1.807) is 31.4 Å². The minimum absolute atomic E-state index is 0.0547. The van der Waals surface area contributed by atoms with Crippen molar-refractivity contribution in [3.05, 3.63) is 36.2 Å². The van der Waals surface area contributed by atoms with Gasteiger partial charge in [0.15, 0.2) is 10.9 Å². The third-order valence-electron chi connectivity index (χ3n) is 2.43. The van der Waals surface area contributed by atoms with E-state index in [4.69, 9.17) is 4.74 Å². The van der Waals surface area contributed by atoms with Crippen molar-refractivity contribution in [3.63, 3.8) is 0 Å². The van der Waals surface area contributed by atoms with Crippen LogP contribution in [-0.4, -0.2) is 33.3 Å². The first-order valence-electron chi connectivity index (χ1n) is 5.41. The van der Waals surface area contributed by atoms with E-state index < -0.39 is 0 Å². The molecule has 1 aromatic heterocycles. The Morgan fingerprint density at radius 1 is 1.39 bits per heavy atom. The summed E-state index contributed by atoms with van der Waals surface area (Å²) in [5, 5.41) is 6.89. The normalized spacial score (nSPS) is 12.1. The summed E-state index contributed by atoms with van der Waals surface area (Å²) in [4.78, 5) is 16.1. The van der Waals surface area contributed by atoms with Gasteiger partial charge in [-0.2, -0.15) is 5.10 Å². The first-order chi connectivity index (χ1) is 8.70. The van der Waals surface area contributed by atoms with Crippen LogP contribution in [0, 0.1) is 0 Å². The van der Waals surface area contributed by atoms with Gasteiger partial charge in [-0.25, -0.2) is 4.98 Å². The standard InChI is InChI=1S/C12H13N3O2S/c1-8(18-12-13-7-14-15-12)11(16)9-3-5-10(17-2)6-4-9/h3-8H,1-2H3,(H,13,14,15)/t8-/m0/s1. The SMILES string of the molecule is COc1ccc(C(=O)[C@H](C)Sc2ncn[nH]2)cc1. The molecule has 0 aliphatic rings. The van der Waals surface area contributed by atoms with Crippen molar-refractivity contribution in [2.45, 2.75) is 17.3 Å². The van der Waals surface area contributed by atoms with Gasteiger partial charge in [-0.05, 0) is 31.2 Å². The Bertz CT molecular complexity index is 511. The lowest BCUT2D eigenvalue weighted by atomic mass is 10.1. The molecular weight excluding hydrogens is 250 g/mol. The fourth-order valence-electron chi connectivity index (χ4n) is 1.46. The molecule has 0 amide bonds. The van der Waals surface area contributed by atoms with Crippen LogP contribution in [0.3, 0.4) is 0 Å². The number of carbonyl (C=O) groups excluding carboxylic acids is 1. The number of Topliss-reactive ketones (excluding diaryl/α,β-unsaturated/α-hetero) is 1. The largest absolute Gasteiger partial charge is 0.497 e. The van der Waals surface area contributed by atoms with Crippen molar-refractivity contribution in [1.29, 1.82) is 0 Å². The van der Waals surface area contributed by atoms with Crippen molar-refractivity contribution in [1.82, 2.24) is 15.2 Å². The van der Waals surface area contributed by atoms with Gasteiger partial charge in [0.1, 0.15) is 12.1 Å². The van der Waals surface area contributed by atoms with E-state index in [1.807, 2.05) is 6.92 Å². The number of aromatic nitrogens is 3. The third-order valence-corrected chi connectivity index (χ3v) is 3.41. The molecule has 6 heteroatoms. The molecule has 5 nitrogen and oxygen atoms in total. The number of benzene rings is 1. The summed E-state index contributed by atoms with van der Waals surface area (Å²) in [6, 6.07) is 7.08. The molecule has 0 spiro atoms. The molecule has 2 aromatic rings. The summed E-state index contributed by atoms with van der Waals surface area (Å²) in [7, 11) is 1.60. The zero-order valence-electron chi connectivity index (χ0n) is 10.1. The summed E-state index contributed by atoms with van der Waals surface area (Å²) in [6.07, 6.45) is 1.42. The van der Waals surface area contributed by atoms with Crippen LogP contribution >= 0.6 is 11.8 Å². The maximum Gasteiger partial charge on any atom is 0.184 e. The second-order valence-electron chi connectivity index (χ2n) is 3.64. The zero-order chi connectivity index (χ0) is 13.0. The minimum Gasteiger partial charge on any atom is -0.497 e. The topological polar surface area (TPSA) is 67.9 Å². The monoisotopic (exact) mass is 263 g/mol. The summed E-state index contributed by atoms with van der Waals surface area (Å²) in [5.41, 5.74) is 0.662. The lowest BCUT2D eigenvalue weighted by Gasteiger charge is -2.08. The van der Waals surface area contributed by atoms with E-state index in [0.29, 0.717) is 10.7 Å². The Labute approximate surface area is 109 Å². The number of ether oxygens (including phenoxy) is 1. The van der Waals surface area contributed by atoms with Crippen molar-refractivity contribution in [2.75, 3.05) is 7.11 Å². The lowest BCUT2D eigenvalue weighted by Crippen LogP contribution is -2.13. The number of aromatic amines is 1. The van der Waals surface area contributed by atoms with Crippen LogP contribution in [0.25, 0.3) is 0 Å². The van der Waals surface area contributed by atoms with Crippen LogP contribution in [0.2, 0.25) is 0 Å². The highest BCUT2D eigenvalue weighted by atomic mass is 32.2. The van der Waals surface area contributed by atoms with Crippen LogP contribution in [0.5, 0.6) is 5.75 Å². The summed E-state index contributed by atoms with van der Waals surface area (Å²) < 4.78 is 5.05. The fourth-order valence-corrected chi connectivity index (χ4v) is 2.25. The van der Waals surface area contributed by atoms with E-state index in [-0.39, 0.29) is 11.0 Å². The van der Waals surface area contributed by atoms with E-state index in [1.165, 1.54) is 18.1 Å². The number of ketones is 1. The Kier molecular flexibility index (Phi) is 3.99. The highest BCUT2D eigenvalue weighted by molar-refractivity contribution is 8.00. The summed E-state index contributed by atoms with van der Waals surface area (Å²) in [6.45, 7) is 1.85. The molecule has 0 aliphatic carbocycles. The summed E-state index contributed by atoms with van der Waals surface area (Å²) >= 11 is 1.35. The second kappa shape index (κ2) is 5.68. The predicted molar refractivity (Wildman–Crippen MR) is 69.0 cm³/mol. The smallest absolute Gasteiger partial charge is 0.184 e. The molecule has 18 heavy (non-hydrogen) atoms. The van der Waals surface area contributed by atoms with E-state index in [0.717, 1.165) is 5.75 Å². The number of H-pyrrole nitrogens is 1. The van der Waals surface area contributed by atoms with Crippen LogP contribution in [0.15, 0.2) is 35.7 Å². The first-order valence-corrected chi connectivity index (χ1v) is 6.29. The average Bonchev–Trinajstić information content (AvgIpc) is 2.91. The van der Waals surface area contributed by atoms with Gasteiger partial charge in [-0.1, -0.05) is 11.8 Å². The van der Waals surface area contributed by atoms with Crippen molar-refractivity contribution in [2.24, 2.45) is 0 Å². The molecule has 2 rings (SSSR count). The van der Waals surface area contributed by atoms with Gasteiger partial charge in [0.2, 0.25) is 0 Å². The van der Waals surface area contributed by atoms with E-state index >= 15 is 0 Å². The second-order valence-corrected chi connectivity index (χ2v) is 4.97. The molecule has 1 aromatic carbocycles. The molecule has 0 aliphatic heterocycles. The average molecular weight is 263 g/mol. The Hall–Kier alpha value is -1.82. The molecule has 0 fully saturated rings. The van der Waals surface area contributed by atoms with Gasteiger partial charge in [-0.3, -0.25) is 9.89 Å². The lowest BCUT2D eigenvalue weighted by molar-refractivity contribution is 0.0994. The molecule has 1 N–H and O–H groups in total. The van der Waals surface area contributed by atoms with Crippen LogP contribution < -0.4 is 4.74 Å². The van der Waals surface area contributed by atoms with Gasteiger partial charge < -0.3 is 4.74 Å². The van der Waals surface area contributed by atoms with Crippen LogP contribution in [0.4, 0.5) is 0 Å². The maximum absolute atomic E-state index is 12.1. The molecule has 0 unspecified atom stereocenters. The minimum atomic E-state index is -0.216. The highest BCUT2D eigenvalue weighted by Gasteiger charge is 2.17. The highest BCUT2D eigenvalue weighted by Crippen LogP contribution is 2.22. The quantitative estimate of drug-likeness (QED) is 0.661. The van der Waals surface area contributed by atoms with Crippen molar-refractivity contribution < 1.29 is 9.53 Å². The number of rotatable bonds is 5. The van der Waals surface area contributed by atoms with Gasteiger partial charge >= 0.3 is 0 Å². The molecule has 94 valence electrons. The predicted octanol–water partition coefficient (Wildman–Crippen LogP) is 2.18. The Balaban J connectivity index is 2.05. The van der Waals surface area contributed by atoms with Crippen LogP contribution in [-0.2, 0) is 0 Å². The Morgan fingerprint density at radius 3 is 2.67 bits per heavy atom. The molecule has 0 saturated carbocycles. The molecular formula is C12H13N3O2S. The molecule has 0 radical (unpaired) electrons. The molecule has 1 atom stereocenters. The Morgan fingerprint density at radius 2 is 2.11 bits per heavy atom. The van der Waals surface area contributed by atoms with E-state index in [2.05, 4.69) is 15.2 Å². The van der Waals surface area contributed by atoms with E-state index in [9.17, 15) is 4.79 Å². The number of thioether (sulfide) groups is 1. The van der Waals surface area contributed by atoms with Crippen molar-refractivity contribution >= 4 is 17.5 Å². The number of hydrogen-bond donors (Lipinski definition) is 1. The number of hydrogen-bond acceptors (Lipinski definition) is 5. The maximum atomic E-state index is 12.1. The number of nitrogens with one attached hydrogen (secondary N) is 1. The number of nitrogens with zero attached hydrogens (tertiary/aromatic N) is 2. The van der Waals surface area contributed by atoms with Gasteiger partial charge in [0, 0.05) is 5.56 Å². The third kappa shape index (κ3) is 2.89. The molecule has 0 bridgehead atoms. The number of carbonyl (C=O) groups is 1. The fraction of sp³-hybridized carbons (Fsp3) is 0.250. The molecule has 1 heterocycles. The summed E-state index contributed by atoms with van der Waals surface area (Å²) in [5.74, 6) is 0.793. The zero-order valence-corrected chi connectivity index (χ0v) is 10.9. The van der Waals surface area contributed by atoms with Gasteiger partial charge in [0.05, 0.1) is 12.4 Å². The van der Waals surface area contributed by atoms with Gasteiger partial charge in [-0.15, -0.1) is 0 Å². The van der Waals surface area contributed by atoms with Gasteiger partial charge in [0.25, 0.3) is 0 Å². The first kappa shape index (κ1) is 12.6. The molecule has 0 saturated heterocycles. The van der Waals surface area contributed by atoms with Crippen molar-refractivity contribution in [3.8, 4) is 5.75 Å². The number of methoxy groups -OCH3 is 1. The van der Waals surface area contributed by atoms with Crippen LogP contribution in [0.1, 0.15) is 17.3 Å².